The lowest BCUT2D eigenvalue weighted by atomic mass is 9.83. The molecule has 0 radical (unpaired) electrons. The van der Waals surface area contributed by atoms with E-state index in [2.05, 4.69) is 42.6 Å². The molecule has 1 aromatic rings. The summed E-state index contributed by atoms with van der Waals surface area (Å²) in [4.78, 5) is 0. The summed E-state index contributed by atoms with van der Waals surface area (Å²) >= 11 is 0. The van der Waals surface area contributed by atoms with Gasteiger partial charge in [0.05, 0.1) is 0 Å². The van der Waals surface area contributed by atoms with Crippen molar-refractivity contribution in [3.63, 3.8) is 0 Å². The smallest absolute Gasteiger partial charge is 0.0108 e. The van der Waals surface area contributed by atoms with Crippen molar-refractivity contribution in [2.45, 2.75) is 44.6 Å². The third-order valence-electron chi connectivity index (χ3n) is 4.25. The Morgan fingerprint density at radius 3 is 2.67 bits per heavy atom. The molecule has 1 aliphatic heterocycles. The highest BCUT2D eigenvalue weighted by Gasteiger charge is 2.24. The first-order chi connectivity index (χ1) is 8.81. The fourth-order valence-corrected chi connectivity index (χ4v) is 3.08. The molecule has 1 saturated heterocycles. The van der Waals surface area contributed by atoms with E-state index in [-0.39, 0.29) is 0 Å². The summed E-state index contributed by atoms with van der Waals surface area (Å²) in [7, 11) is 0. The average molecular weight is 246 g/mol. The monoisotopic (exact) mass is 246 g/mol. The van der Waals surface area contributed by atoms with Crippen molar-refractivity contribution in [1.82, 2.24) is 5.32 Å². The number of nitrogens with one attached hydrogen (secondary N) is 1. The minimum atomic E-state index is 0.600. The number of hydrogen-bond donors (Lipinski definition) is 2. The maximum absolute atomic E-state index is 5.99. The van der Waals surface area contributed by atoms with Gasteiger partial charge in [-0.25, -0.2) is 0 Å². The molecule has 1 heterocycles. The second kappa shape index (κ2) is 6.91. The summed E-state index contributed by atoms with van der Waals surface area (Å²) in [6, 6.07) is 11.4. The topological polar surface area (TPSA) is 38.0 Å². The molecule has 0 aromatic heterocycles. The molecule has 1 aliphatic rings. The molecule has 3 N–H and O–H groups in total. The lowest BCUT2D eigenvalue weighted by molar-refractivity contribution is 0.276. The van der Waals surface area contributed by atoms with Crippen molar-refractivity contribution < 1.29 is 0 Å². The number of rotatable bonds is 5. The largest absolute Gasteiger partial charge is 0.330 e. The molecule has 18 heavy (non-hydrogen) atoms. The molecule has 0 bridgehead atoms. The van der Waals surface area contributed by atoms with Crippen LogP contribution >= 0.6 is 0 Å². The van der Waals surface area contributed by atoms with E-state index in [1.54, 1.807) is 0 Å². The molecule has 2 heteroatoms. The fourth-order valence-electron chi connectivity index (χ4n) is 3.08. The van der Waals surface area contributed by atoms with Crippen LogP contribution in [-0.2, 0) is 0 Å². The summed E-state index contributed by atoms with van der Waals surface area (Å²) in [6.45, 7) is 4.29. The Kier molecular flexibility index (Phi) is 5.21. The normalized spacial score (nSPS) is 23.6. The van der Waals surface area contributed by atoms with E-state index in [9.17, 15) is 0 Å². The van der Waals surface area contributed by atoms with Gasteiger partial charge in [-0.3, -0.25) is 0 Å². The summed E-state index contributed by atoms with van der Waals surface area (Å²) in [5.41, 5.74) is 7.43. The molecule has 3 atom stereocenters. The zero-order valence-corrected chi connectivity index (χ0v) is 11.4. The second-order valence-corrected chi connectivity index (χ2v) is 5.60. The summed E-state index contributed by atoms with van der Waals surface area (Å²) in [6.07, 6.45) is 5.16. The van der Waals surface area contributed by atoms with Crippen LogP contribution in [-0.4, -0.2) is 19.1 Å². The molecule has 0 spiro atoms. The molecule has 0 aliphatic carbocycles. The zero-order valence-electron chi connectivity index (χ0n) is 11.4. The molecule has 0 saturated carbocycles. The highest BCUT2D eigenvalue weighted by atomic mass is 14.9. The fraction of sp³-hybridized carbons (Fsp3) is 0.625. The van der Waals surface area contributed by atoms with Crippen LogP contribution in [0.4, 0.5) is 0 Å². The Morgan fingerprint density at radius 2 is 2.06 bits per heavy atom. The first-order valence-electron chi connectivity index (χ1n) is 7.29. The highest BCUT2D eigenvalue weighted by molar-refractivity contribution is 5.18. The molecular weight excluding hydrogens is 220 g/mol. The van der Waals surface area contributed by atoms with Gasteiger partial charge in [-0.05, 0) is 49.8 Å². The van der Waals surface area contributed by atoms with Crippen molar-refractivity contribution in [1.29, 1.82) is 0 Å². The predicted molar refractivity (Wildman–Crippen MR) is 77.7 cm³/mol. The zero-order chi connectivity index (χ0) is 12.8. The van der Waals surface area contributed by atoms with Crippen LogP contribution in [0.25, 0.3) is 0 Å². The third-order valence-corrected chi connectivity index (χ3v) is 4.25. The van der Waals surface area contributed by atoms with Crippen molar-refractivity contribution in [2.24, 2.45) is 11.7 Å². The maximum atomic E-state index is 5.99. The average Bonchev–Trinajstić information content (AvgIpc) is 2.46. The number of piperidine rings is 1. The molecule has 2 rings (SSSR count). The molecule has 0 amide bonds. The van der Waals surface area contributed by atoms with E-state index in [0.29, 0.717) is 17.9 Å². The van der Waals surface area contributed by atoms with Gasteiger partial charge in [0.2, 0.25) is 0 Å². The third kappa shape index (κ3) is 3.56. The van der Waals surface area contributed by atoms with E-state index in [0.717, 1.165) is 6.54 Å². The van der Waals surface area contributed by atoms with Gasteiger partial charge in [0.15, 0.2) is 0 Å². The van der Waals surface area contributed by atoms with Gasteiger partial charge in [0.1, 0.15) is 0 Å². The first-order valence-corrected chi connectivity index (χ1v) is 7.29. The lowest BCUT2D eigenvalue weighted by Gasteiger charge is -2.32. The van der Waals surface area contributed by atoms with E-state index in [1.165, 1.54) is 37.8 Å². The number of hydrogen-bond acceptors (Lipinski definition) is 2. The first kappa shape index (κ1) is 13.6. The van der Waals surface area contributed by atoms with E-state index < -0.39 is 0 Å². The maximum Gasteiger partial charge on any atom is 0.0108 e. The second-order valence-electron chi connectivity index (χ2n) is 5.60. The Bertz CT molecular complexity index is 330. The standard InChI is InChI=1S/C16H26N2/c1-13(14-7-3-2-4-8-14)11-15(12-17)16-9-5-6-10-18-16/h2-4,7-8,13,15-16,18H,5-6,9-12,17H2,1H3/t13-,15+,16+/m1/s1. The summed E-state index contributed by atoms with van der Waals surface area (Å²) in [5, 5.41) is 3.65. The van der Waals surface area contributed by atoms with Crippen LogP contribution < -0.4 is 11.1 Å². The number of benzene rings is 1. The van der Waals surface area contributed by atoms with E-state index in [1.807, 2.05) is 0 Å². The van der Waals surface area contributed by atoms with Crippen LogP contribution in [0.3, 0.4) is 0 Å². The van der Waals surface area contributed by atoms with Gasteiger partial charge in [0, 0.05) is 6.04 Å². The quantitative estimate of drug-likeness (QED) is 0.838. The minimum absolute atomic E-state index is 0.600. The van der Waals surface area contributed by atoms with Crippen LogP contribution in [0, 0.1) is 5.92 Å². The van der Waals surface area contributed by atoms with Crippen molar-refractivity contribution in [2.75, 3.05) is 13.1 Å². The Morgan fingerprint density at radius 1 is 1.28 bits per heavy atom. The predicted octanol–water partition coefficient (Wildman–Crippen LogP) is 2.90. The highest BCUT2D eigenvalue weighted by Crippen LogP contribution is 2.27. The van der Waals surface area contributed by atoms with Crippen LogP contribution in [0.5, 0.6) is 0 Å². The SMILES string of the molecule is C[C@H](C[C@@H](CN)[C@@H]1CCCCN1)c1ccccc1. The molecule has 100 valence electrons. The van der Waals surface area contributed by atoms with Gasteiger partial charge in [-0.2, -0.15) is 0 Å². The van der Waals surface area contributed by atoms with Crippen LogP contribution in [0.2, 0.25) is 0 Å². The van der Waals surface area contributed by atoms with Crippen LogP contribution in [0.1, 0.15) is 44.1 Å². The summed E-state index contributed by atoms with van der Waals surface area (Å²) in [5.74, 6) is 1.21. The van der Waals surface area contributed by atoms with Gasteiger partial charge in [-0.1, -0.05) is 43.7 Å². The lowest BCUT2D eigenvalue weighted by Crippen LogP contribution is -2.43. The van der Waals surface area contributed by atoms with E-state index in [4.69, 9.17) is 5.73 Å². The summed E-state index contributed by atoms with van der Waals surface area (Å²) < 4.78 is 0. The van der Waals surface area contributed by atoms with Crippen molar-refractivity contribution >= 4 is 0 Å². The van der Waals surface area contributed by atoms with Gasteiger partial charge < -0.3 is 11.1 Å². The van der Waals surface area contributed by atoms with Gasteiger partial charge >= 0.3 is 0 Å². The van der Waals surface area contributed by atoms with Crippen molar-refractivity contribution in [3.05, 3.63) is 35.9 Å². The van der Waals surface area contributed by atoms with Crippen molar-refractivity contribution in [3.8, 4) is 0 Å². The van der Waals surface area contributed by atoms with Gasteiger partial charge in [0.25, 0.3) is 0 Å². The number of nitrogens with two attached hydrogens (primary N) is 1. The molecule has 2 nitrogen and oxygen atoms in total. The molecule has 1 fully saturated rings. The Balaban J connectivity index is 1.93. The molecule has 1 aromatic carbocycles. The Labute approximate surface area is 111 Å². The van der Waals surface area contributed by atoms with Crippen LogP contribution in [0.15, 0.2) is 30.3 Å². The van der Waals surface area contributed by atoms with Gasteiger partial charge in [-0.15, -0.1) is 0 Å². The minimum Gasteiger partial charge on any atom is -0.330 e. The Hall–Kier alpha value is -0.860. The molecular formula is C16H26N2. The van der Waals surface area contributed by atoms with E-state index >= 15 is 0 Å². The molecule has 0 unspecified atom stereocenters.